The summed E-state index contributed by atoms with van der Waals surface area (Å²) in [6, 6.07) is 6.60. The predicted molar refractivity (Wildman–Crippen MR) is 107 cm³/mol. The van der Waals surface area contributed by atoms with Gasteiger partial charge in [0, 0.05) is 44.7 Å². The van der Waals surface area contributed by atoms with Gasteiger partial charge in [-0.25, -0.2) is 0 Å². The fourth-order valence-electron chi connectivity index (χ4n) is 4.83. The summed E-state index contributed by atoms with van der Waals surface area (Å²) in [4.78, 5) is 16.2. The van der Waals surface area contributed by atoms with Crippen LogP contribution in [-0.4, -0.2) is 52.3 Å². The van der Waals surface area contributed by atoms with Gasteiger partial charge in [0.2, 0.25) is 5.91 Å². The van der Waals surface area contributed by atoms with E-state index in [4.69, 9.17) is 0 Å². The third-order valence-electron chi connectivity index (χ3n) is 6.50. The highest BCUT2D eigenvalue weighted by Gasteiger charge is 2.27. The monoisotopic (exact) mass is 380 g/mol. The average Bonchev–Trinajstić information content (AvgIpc) is 3.16. The van der Waals surface area contributed by atoms with Gasteiger partial charge in [-0.1, -0.05) is 12.1 Å². The number of likely N-dealkylation sites (tertiary alicyclic amines) is 1. The number of rotatable bonds is 3. The standard InChI is InChI=1S/C21H28N6O/c1-25-18-4-2-15(12-17(18)3-5-20(25)28)14-26-9-6-16(7-10-26)21-24-23-19-13-22-8-11-27(19)21/h2,4,12,16,22H,3,5-11,13-14H2,1H3. The summed E-state index contributed by atoms with van der Waals surface area (Å²) in [5.41, 5.74) is 3.73. The highest BCUT2D eigenvalue weighted by atomic mass is 16.2. The van der Waals surface area contributed by atoms with E-state index in [2.05, 4.69) is 43.2 Å². The number of carbonyl (C=O) groups is 1. The van der Waals surface area contributed by atoms with Crippen molar-refractivity contribution >= 4 is 11.6 Å². The van der Waals surface area contributed by atoms with Crippen LogP contribution < -0.4 is 10.2 Å². The molecule has 0 bridgehead atoms. The van der Waals surface area contributed by atoms with Gasteiger partial charge in [-0.15, -0.1) is 10.2 Å². The zero-order valence-electron chi connectivity index (χ0n) is 16.5. The maximum Gasteiger partial charge on any atom is 0.227 e. The lowest BCUT2D eigenvalue weighted by molar-refractivity contribution is -0.118. The Morgan fingerprint density at radius 1 is 1.14 bits per heavy atom. The zero-order chi connectivity index (χ0) is 19.1. The summed E-state index contributed by atoms with van der Waals surface area (Å²) >= 11 is 0. The quantitative estimate of drug-likeness (QED) is 0.877. The Hall–Kier alpha value is -2.25. The van der Waals surface area contributed by atoms with Crippen LogP contribution in [0.5, 0.6) is 0 Å². The molecule has 1 saturated heterocycles. The number of hydrogen-bond donors (Lipinski definition) is 1. The number of amides is 1. The molecule has 1 N–H and O–H groups in total. The molecule has 4 heterocycles. The van der Waals surface area contributed by atoms with Crippen molar-refractivity contribution in [2.45, 2.75) is 51.2 Å². The minimum atomic E-state index is 0.216. The molecule has 1 aromatic heterocycles. The highest BCUT2D eigenvalue weighted by Crippen LogP contribution is 2.30. The highest BCUT2D eigenvalue weighted by molar-refractivity contribution is 5.95. The van der Waals surface area contributed by atoms with Crippen LogP contribution in [0.2, 0.25) is 0 Å². The maximum atomic E-state index is 11.9. The van der Waals surface area contributed by atoms with E-state index in [0.29, 0.717) is 12.3 Å². The van der Waals surface area contributed by atoms with Crippen molar-refractivity contribution in [2.24, 2.45) is 0 Å². The first-order chi connectivity index (χ1) is 13.7. The number of benzene rings is 1. The van der Waals surface area contributed by atoms with Crippen LogP contribution in [0.4, 0.5) is 5.69 Å². The molecule has 0 spiro atoms. The first kappa shape index (κ1) is 17.8. The third kappa shape index (κ3) is 3.22. The normalized spacial score (nSPS) is 20.9. The molecule has 1 fully saturated rings. The summed E-state index contributed by atoms with van der Waals surface area (Å²) in [7, 11) is 1.88. The van der Waals surface area contributed by atoms with E-state index >= 15 is 0 Å². The molecule has 1 amide bonds. The molecule has 148 valence electrons. The number of fused-ring (bicyclic) bond motifs is 2. The fourth-order valence-corrected chi connectivity index (χ4v) is 4.83. The number of hydrogen-bond acceptors (Lipinski definition) is 5. The van der Waals surface area contributed by atoms with Crippen LogP contribution in [0.3, 0.4) is 0 Å². The number of nitrogens with zero attached hydrogens (tertiary/aromatic N) is 5. The van der Waals surface area contributed by atoms with Gasteiger partial charge in [0.15, 0.2) is 0 Å². The van der Waals surface area contributed by atoms with Gasteiger partial charge in [-0.05, 0) is 49.5 Å². The Labute approximate surface area is 165 Å². The molecule has 7 nitrogen and oxygen atoms in total. The van der Waals surface area contributed by atoms with Crippen molar-refractivity contribution in [3.8, 4) is 0 Å². The van der Waals surface area contributed by atoms with E-state index < -0.39 is 0 Å². The molecule has 28 heavy (non-hydrogen) atoms. The molecule has 0 aliphatic carbocycles. The van der Waals surface area contributed by atoms with Gasteiger partial charge in [0.05, 0.1) is 6.54 Å². The van der Waals surface area contributed by atoms with Gasteiger partial charge < -0.3 is 14.8 Å². The molecule has 3 aliphatic rings. The Kier molecular flexibility index (Phi) is 4.64. The Morgan fingerprint density at radius 2 is 2.00 bits per heavy atom. The molecule has 1 aromatic carbocycles. The topological polar surface area (TPSA) is 66.3 Å². The van der Waals surface area contributed by atoms with E-state index in [1.807, 2.05) is 7.05 Å². The second kappa shape index (κ2) is 7.29. The van der Waals surface area contributed by atoms with Crippen molar-refractivity contribution in [1.82, 2.24) is 25.0 Å². The lowest BCUT2D eigenvalue weighted by atomic mass is 9.94. The first-order valence-electron chi connectivity index (χ1n) is 10.4. The summed E-state index contributed by atoms with van der Waals surface area (Å²) in [5, 5.41) is 12.3. The van der Waals surface area contributed by atoms with E-state index in [9.17, 15) is 4.79 Å². The zero-order valence-corrected chi connectivity index (χ0v) is 16.5. The summed E-state index contributed by atoms with van der Waals surface area (Å²) in [6.45, 7) is 6.02. The van der Waals surface area contributed by atoms with E-state index in [1.54, 1.807) is 4.90 Å². The van der Waals surface area contributed by atoms with Crippen LogP contribution in [0.1, 0.15) is 48.0 Å². The van der Waals surface area contributed by atoms with Crippen molar-refractivity contribution < 1.29 is 4.79 Å². The summed E-state index contributed by atoms with van der Waals surface area (Å²) in [6.07, 6.45) is 3.78. The molecule has 3 aliphatic heterocycles. The lowest BCUT2D eigenvalue weighted by Gasteiger charge is -2.32. The Morgan fingerprint density at radius 3 is 2.86 bits per heavy atom. The number of aryl methyl sites for hydroxylation is 1. The number of nitrogens with one attached hydrogen (secondary N) is 1. The van der Waals surface area contributed by atoms with Gasteiger partial charge in [-0.2, -0.15) is 0 Å². The van der Waals surface area contributed by atoms with E-state index in [0.717, 1.165) is 70.0 Å². The summed E-state index contributed by atoms with van der Waals surface area (Å²) < 4.78 is 2.33. The van der Waals surface area contributed by atoms with Crippen LogP contribution in [-0.2, 0) is 30.8 Å². The minimum absolute atomic E-state index is 0.216. The largest absolute Gasteiger partial charge is 0.315 e. The first-order valence-corrected chi connectivity index (χ1v) is 10.4. The molecule has 2 aromatic rings. The van der Waals surface area contributed by atoms with Crippen LogP contribution in [0.25, 0.3) is 0 Å². The minimum Gasteiger partial charge on any atom is -0.315 e. The lowest BCUT2D eigenvalue weighted by Crippen LogP contribution is -2.35. The SMILES string of the molecule is CN1C(=O)CCc2cc(CN3CCC(c4nnc5n4CCNC5)CC3)ccc21. The van der Waals surface area contributed by atoms with Crippen LogP contribution in [0.15, 0.2) is 18.2 Å². The van der Waals surface area contributed by atoms with E-state index in [-0.39, 0.29) is 5.91 Å². The number of aromatic nitrogens is 3. The average molecular weight is 380 g/mol. The second-order valence-corrected chi connectivity index (χ2v) is 8.27. The Balaban J connectivity index is 1.22. The van der Waals surface area contributed by atoms with Gasteiger partial charge in [0.1, 0.15) is 11.6 Å². The molecule has 7 heteroatoms. The van der Waals surface area contributed by atoms with Crippen molar-refractivity contribution in [3.05, 3.63) is 41.0 Å². The van der Waals surface area contributed by atoms with Crippen molar-refractivity contribution in [2.75, 3.05) is 31.6 Å². The summed E-state index contributed by atoms with van der Waals surface area (Å²) in [5.74, 6) is 3.02. The maximum absolute atomic E-state index is 11.9. The molecule has 0 radical (unpaired) electrons. The predicted octanol–water partition coefficient (Wildman–Crippen LogP) is 1.67. The van der Waals surface area contributed by atoms with Crippen molar-refractivity contribution in [1.29, 1.82) is 0 Å². The van der Waals surface area contributed by atoms with Gasteiger partial charge in [-0.3, -0.25) is 9.69 Å². The van der Waals surface area contributed by atoms with Crippen molar-refractivity contribution in [3.63, 3.8) is 0 Å². The van der Waals surface area contributed by atoms with Crippen LogP contribution in [0, 0.1) is 0 Å². The number of piperidine rings is 1. The molecule has 5 rings (SSSR count). The Bertz CT molecular complexity index is 883. The van der Waals surface area contributed by atoms with Gasteiger partial charge >= 0.3 is 0 Å². The fraction of sp³-hybridized carbons (Fsp3) is 0.571. The van der Waals surface area contributed by atoms with E-state index in [1.165, 1.54) is 17.0 Å². The second-order valence-electron chi connectivity index (χ2n) is 8.27. The molecule has 0 unspecified atom stereocenters. The molecular formula is C21H28N6O. The molecule has 0 atom stereocenters. The third-order valence-corrected chi connectivity index (χ3v) is 6.50. The van der Waals surface area contributed by atoms with Gasteiger partial charge in [0.25, 0.3) is 0 Å². The number of carbonyl (C=O) groups excluding carboxylic acids is 1. The number of anilines is 1. The van der Waals surface area contributed by atoms with Crippen LogP contribution >= 0.6 is 0 Å². The molecular weight excluding hydrogens is 352 g/mol. The smallest absolute Gasteiger partial charge is 0.227 e. The molecule has 0 saturated carbocycles.